The van der Waals surface area contributed by atoms with Crippen LogP contribution in [0.5, 0.6) is 0 Å². The van der Waals surface area contributed by atoms with Crippen molar-refractivity contribution in [1.82, 2.24) is 21.3 Å². The second-order valence-electron chi connectivity index (χ2n) is 17.8. The van der Waals surface area contributed by atoms with Crippen LogP contribution in [0.15, 0.2) is 15.0 Å². The minimum Gasteiger partial charge on any atom is -0.482 e. The van der Waals surface area contributed by atoms with Crippen LogP contribution in [-0.2, 0) is 52.1 Å². The summed E-state index contributed by atoms with van der Waals surface area (Å²) in [7, 11) is 0. The maximum absolute atomic E-state index is 5.07. The topological polar surface area (TPSA) is 187 Å². The van der Waals surface area contributed by atoms with Crippen molar-refractivity contribution in [1.29, 1.82) is 0 Å². The van der Waals surface area contributed by atoms with E-state index in [1.54, 1.807) is 23.5 Å². The molecule has 14 rings (SSSR count). The summed E-state index contributed by atoms with van der Waals surface area (Å²) in [4.78, 5) is 11.6. The summed E-state index contributed by atoms with van der Waals surface area (Å²) < 4.78 is 53.5. The van der Waals surface area contributed by atoms with Gasteiger partial charge in [0.1, 0.15) is 20.2 Å². The Bertz CT molecular complexity index is 834. The van der Waals surface area contributed by atoms with E-state index in [9.17, 15) is 0 Å². The van der Waals surface area contributed by atoms with Crippen LogP contribution >= 0.6 is 47.0 Å². The van der Waals surface area contributed by atoms with E-state index in [1.165, 1.54) is 163 Å². The van der Waals surface area contributed by atoms with Crippen molar-refractivity contribution < 1.29 is 52.1 Å². The molecule has 18 nitrogen and oxygen atoms in total. The zero-order valence-corrected chi connectivity index (χ0v) is 78.5. The first kappa shape index (κ1) is 199. The van der Waals surface area contributed by atoms with Gasteiger partial charge in [-0.15, -0.1) is 23.5 Å². The molecule has 758 valence electrons. The van der Waals surface area contributed by atoms with E-state index in [1.807, 2.05) is 205 Å². The number of ether oxygens (including phenoxy) is 11. The number of aliphatic imine (C=N–C) groups is 3. The van der Waals surface area contributed by atoms with Gasteiger partial charge in [-0.2, -0.15) is 23.5 Å². The molecule has 0 saturated carbocycles. The summed E-state index contributed by atoms with van der Waals surface area (Å²) in [6, 6.07) is 0. The fourth-order valence-electron chi connectivity index (χ4n) is 6.66. The van der Waals surface area contributed by atoms with Gasteiger partial charge in [0.2, 0.25) is 0 Å². The molecule has 0 unspecified atom stereocenters. The Hall–Kier alpha value is -0.350. The van der Waals surface area contributed by atoms with Crippen molar-refractivity contribution in [2.45, 2.75) is 401 Å². The number of thioether (sulfide) groups is 4. The lowest BCUT2D eigenvalue weighted by atomic mass is 10.2. The van der Waals surface area contributed by atoms with Gasteiger partial charge in [0.15, 0.2) is 6.40 Å². The SMILES string of the molecule is C.C.C.C.C.C.C.C.C.C.C.C.C.C.C1=NCCO1.C1=NCCS1.C1=NCCS1.C1CCNC1.C1CCNCC1.C1CCOC1.C1CCOCC1.C1CCSC1.C1CCSCC1.C1COCCN1.C1COCCO1.C1COCN1.C1COCO1.C1COCOC1.CC.CC.CC.CC.CC.CC.CC.CC.CC.CC.CC.CC.CC.CC. The third-order valence-corrected chi connectivity index (χ3v) is 14.7. The van der Waals surface area contributed by atoms with Crippen molar-refractivity contribution >= 4 is 64.5 Å². The van der Waals surface area contributed by atoms with E-state index in [4.69, 9.17) is 47.4 Å². The maximum atomic E-state index is 5.07. The number of piperidine rings is 1. The van der Waals surface area contributed by atoms with E-state index < -0.39 is 0 Å². The highest BCUT2D eigenvalue weighted by Crippen LogP contribution is 2.15. The van der Waals surface area contributed by atoms with E-state index in [-0.39, 0.29) is 104 Å². The summed E-state index contributed by atoms with van der Waals surface area (Å²) in [6.45, 7) is 82.6. The predicted octanol–water partition coefficient (Wildman–Crippen LogP) is 30.9. The van der Waals surface area contributed by atoms with Crippen LogP contribution in [0.2, 0.25) is 0 Å². The standard InChI is InChI=1S/C5H11N.C5H10O.C5H10S.C4H9NO.C4H9N.2C4H8O2.C4H8O.C4H8S.C3H7NO.C3H5NO.2C3H5NS.C3H6O2.14C2H6.14CH4/c3*1-2-4-6-5-3-1;1-3-6-4-2-5-1;1-2-4-5-3-1;1-2-6-4-3-5-1;1-2-5-4-6-3-1;2*1-2-4-5-3-1;5*1-2-5-3-4-1;14*1-2;;;;;;;;;;;;;;/h6H,1-5H2;2*1-5H2;5H,1-4H2;5H,1-4H2;2*1-4H2;2*1-4H2;4H,1-3H2;3*3H,1-2H2;1-3H2;14*1-2H3;14*1H4. The van der Waals surface area contributed by atoms with E-state index in [2.05, 4.69) is 64.5 Å². The van der Waals surface area contributed by atoms with Crippen LogP contribution < -0.4 is 21.3 Å². The molecular weight excluding hydrogens is 1560 g/mol. The van der Waals surface area contributed by atoms with Gasteiger partial charge in [0.25, 0.3) is 0 Å². The van der Waals surface area contributed by atoms with Gasteiger partial charge in [0.05, 0.1) is 97.0 Å². The Kier molecular flexibility index (Phi) is 460. The second kappa shape index (κ2) is 273. The third-order valence-electron chi connectivity index (χ3n) is 10.9. The van der Waals surface area contributed by atoms with Gasteiger partial charge in [-0.3, -0.25) is 20.3 Å². The molecule has 0 aromatic rings. The molecule has 11 fully saturated rings. The van der Waals surface area contributed by atoms with Crippen molar-refractivity contribution in [3.8, 4) is 0 Å². The van der Waals surface area contributed by atoms with Crippen LogP contribution in [0.4, 0.5) is 0 Å². The number of hydrogen-bond donors (Lipinski definition) is 4. The van der Waals surface area contributed by atoms with Crippen molar-refractivity contribution in [3.05, 3.63) is 0 Å². The lowest BCUT2D eigenvalue weighted by molar-refractivity contribution is -0.0963. The molecule has 0 atom stereocenters. The number of hydrogen-bond acceptors (Lipinski definition) is 22. The first-order valence-corrected chi connectivity index (χ1v) is 47.5. The molecule has 0 aromatic heterocycles. The molecule has 14 aliphatic heterocycles. The monoisotopic (exact) mass is 1800 g/mol. The third kappa shape index (κ3) is 266. The summed E-state index contributed by atoms with van der Waals surface area (Å²) in [5, 5.41) is 12.7. The molecule has 0 amide bonds. The van der Waals surface area contributed by atoms with Crippen molar-refractivity contribution in [2.24, 2.45) is 15.0 Å². The molecule has 4 N–H and O–H groups in total. The Balaban J connectivity index is -0.0000000276. The highest BCUT2D eigenvalue weighted by molar-refractivity contribution is 8.12. The molecule has 0 radical (unpaired) electrons. The maximum Gasteiger partial charge on any atom is 0.169 e. The molecule has 14 aliphatic rings. The van der Waals surface area contributed by atoms with Gasteiger partial charge in [0, 0.05) is 70.7 Å². The summed E-state index contributed by atoms with van der Waals surface area (Å²) in [5.74, 6) is 8.06. The molecule has 14 heterocycles. The van der Waals surface area contributed by atoms with Gasteiger partial charge in [-0.05, 0) is 139 Å². The zero-order valence-electron chi connectivity index (χ0n) is 75.3. The molecule has 0 bridgehead atoms. The Morgan fingerprint density at radius 2 is 0.449 bits per heavy atom. The van der Waals surface area contributed by atoms with Crippen LogP contribution in [0.1, 0.15) is 401 Å². The van der Waals surface area contributed by atoms with Gasteiger partial charge in [-0.25, -0.2) is 0 Å². The quantitative estimate of drug-likeness (QED) is 0.179. The van der Waals surface area contributed by atoms with Crippen LogP contribution in [0.3, 0.4) is 0 Å². The van der Waals surface area contributed by atoms with Gasteiger partial charge >= 0.3 is 0 Å². The summed E-state index contributed by atoms with van der Waals surface area (Å²) >= 11 is 7.73. The zero-order chi connectivity index (χ0) is 81.7. The molecular formula is C96H249N7O11S4. The fourth-order valence-corrected chi connectivity index (χ4v) is 9.76. The molecule has 0 spiro atoms. The first-order valence-electron chi connectivity index (χ1n) is 43.1. The number of nitrogens with one attached hydrogen (secondary N) is 4. The normalized spacial score (nSPS) is 15.7. The Labute approximate surface area is 774 Å². The Morgan fingerprint density at radius 1 is 0.203 bits per heavy atom. The minimum atomic E-state index is 0. The first-order chi connectivity index (χ1) is 52.0. The van der Waals surface area contributed by atoms with Crippen LogP contribution in [0.25, 0.3) is 0 Å². The van der Waals surface area contributed by atoms with E-state index in [0.29, 0.717) is 13.6 Å². The van der Waals surface area contributed by atoms with Crippen LogP contribution in [-0.4, -0.2) is 243 Å². The highest BCUT2D eigenvalue weighted by Gasteiger charge is 2.00. The number of morpholine rings is 1. The second-order valence-corrected chi connectivity index (χ2v) is 22.1. The van der Waals surface area contributed by atoms with E-state index in [0.717, 1.165) is 158 Å². The average molecular weight is 1810 g/mol. The largest absolute Gasteiger partial charge is 0.482 e. The van der Waals surface area contributed by atoms with Crippen LogP contribution in [0, 0.1) is 0 Å². The molecule has 11 saturated heterocycles. The molecule has 22 heteroatoms. The summed E-state index contributed by atoms with van der Waals surface area (Å²) in [5.41, 5.74) is 3.81. The summed E-state index contributed by atoms with van der Waals surface area (Å²) in [6.07, 6.45) is 23.4. The lowest BCUT2D eigenvalue weighted by Crippen LogP contribution is -2.30. The predicted molar refractivity (Wildman–Crippen MR) is 578 cm³/mol. The Morgan fingerprint density at radius 3 is 0.559 bits per heavy atom. The minimum absolute atomic E-state index is 0. The average Bonchev–Trinajstić information content (AvgIpc) is 2.08. The molecule has 0 aliphatic carbocycles. The van der Waals surface area contributed by atoms with Crippen molar-refractivity contribution in [2.75, 3.05) is 226 Å². The highest BCUT2D eigenvalue weighted by atomic mass is 32.2. The van der Waals surface area contributed by atoms with Gasteiger partial charge in [-0.1, -0.05) is 311 Å². The molecule has 118 heavy (non-hydrogen) atoms. The van der Waals surface area contributed by atoms with Crippen molar-refractivity contribution in [3.63, 3.8) is 0 Å². The molecule has 0 aromatic carbocycles. The smallest absolute Gasteiger partial charge is 0.169 e. The number of nitrogens with zero attached hydrogens (tertiary/aromatic N) is 3. The van der Waals surface area contributed by atoms with E-state index >= 15 is 0 Å². The number of rotatable bonds is 0. The lowest BCUT2D eigenvalue weighted by Gasteiger charge is -2.10. The van der Waals surface area contributed by atoms with Gasteiger partial charge < -0.3 is 68.1 Å². The fraction of sp³-hybridized carbons (Fsp3) is 0.969.